The lowest BCUT2D eigenvalue weighted by molar-refractivity contribution is -0.120. The fourth-order valence-corrected chi connectivity index (χ4v) is 5.48. The van der Waals surface area contributed by atoms with E-state index in [1.54, 1.807) is 6.92 Å². The average Bonchev–Trinajstić information content (AvgIpc) is 3.09. The van der Waals surface area contributed by atoms with Gasteiger partial charge in [0.25, 0.3) is 0 Å². The Labute approximate surface area is 166 Å². The summed E-state index contributed by atoms with van der Waals surface area (Å²) in [5, 5.41) is 4.33. The van der Waals surface area contributed by atoms with Gasteiger partial charge in [0.15, 0.2) is 5.13 Å². The van der Waals surface area contributed by atoms with E-state index in [0.29, 0.717) is 25.8 Å². The number of hydrogen-bond acceptors (Lipinski definition) is 5. The molecule has 10 heteroatoms. The molecule has 0 saturated carbocycles. The smallest absolute Gasteiger partial charge is 0.230 e. The predicted octanol–water partition coefficient (Wildman–Crippen LogP) is 3.48. The first-order chi connectivity index (χ1) is 13.3. The van der Waals surface area contributed by atoms with Gasteiger partial charge in [0, 0.05) is 18.5 Å². The van der Waals surface area contributed by atoms with E-state index in [4.69, 9.17) is 0 Å². The molecule has 1 atom stereocenters. The van der Waals surface area contributed by atoms with Gasteiger partial charge in [-0.15, -0.1) is 11.3 Å². The number of sulfonamides is 1. The second-order valence-corrected chi connectivity index (χ2v) is 9.58. The van der Waals surface area contributed by atoms with Gasteiger partial charge in [-0.2, -0.15) is 0 Å². The number of anilines is 1. The molecule has 0 aliphatic carbocycles. The maximum atomic E-state index is 13.9. The standard InChI is InChI=1S/C18H21F2N3O3S2/c1-2-9-28(25,26)23-8-4-5-12(10-23)17(24)22-18-21-15(11-27-18)16-13(19)6-3-7-14(16)20/h3,6-7,11-12H,2,4-5,8-10H2,1H3,(H,21,22,24)/t12-/m0/s1. The number of carbonyl (C=O) groups is 1. The van der Waals surface area contributed by atoms with Gasteiger partial charge in [-0.1, -0.05) is 13.0 Å². The molecule has 0 radical (unpaired) electrons. The zero-order valence-electron chi connectivity index (χ0n) is 15.3. The zero-order chi connectivity index (χ0) is 20.3. The number of hydrogen-bond donors (Lipinski definition) is 1. The minimum atomic E-state index is -3.36. The molecule has 1 amide bonds. The molecule has 0 unspecified atom stereocenters. The Morgan fingerprint density at radius 3 is 2.75 bits per heavy atom. The molecule has 1 aromatic heterocycles. The van der Waals surface area contributed by atoms with Crippen molar-refractivity contribution in [2.45, 2.75) is 26.2 Å². The Bertz CT molecular complexity index is 942. The minimum Gasteiger partial charge on any atom is -0.302 e. The van der Waals surface area contributed by atoms with Crippen LogP contribution < -0.4 is 5.32 Å². The first-order valence-electron chi connectivity index (χ1n) is 9.00. The maximum Gasteiger partial charge on any atom is 0.230 e. The third-order valence-electron chi connectivity index (χ3n) is 4.56. The Hall–Kier alpha value is -1.91. The van der Waals surface area contributed by atoms with E-state index in [9.17, 15) is 22.0 Å². The van der Waals surface area contributed by atoms with E-state index < -0.39 is 27.6 Å². The highest BCUT2D eigenvalue weighted by atomic mass is 32.2. The van der Waals surface area contributed by atoms with E-state index in [1.165, 1.54) is 15.8 Å². The van der Waals surface area contributed by atoms with Crippen LogP contribution in [0.1, 0.15) is 26.2 Å². The van der Waals surface area contributed by atoms with Gasteiger partial charge in [0.1, 0.15) is 11.6 Å². The predicted molar refractivity (Wildman–Crippen MR) is 104 cm³/mol. The molecule has 1 fully saturated rings. The van der Waals surface area contributed by atoms with E-state index in [0.717, 1.165) is 23.5 Å². The number of nitrogens with one attached hydrogen (secondary N) is 1. The topological polar surface area (TPSA) is 79.4 Å². The quantitative estimate of drug-likeness (QED) is 0.763. The normalized spacial score (nSPS) is 18.2. The highest BCUT2D eigenvalue weighted by Gasteiger charge is 2.32. The molecular formula is C18H21F2N3O3S2. The summed E-state index contributed by atoms with van der Waals surface area (Å²) in [4.78, 5) is 16.7. The van der Waals surface area contributed by atoms with Crippen molar-refractivity contribution in [1.29, 1.82) is 0 Å². The molecule has 1 aliphatic heterocycles. The summed E-state index contributed by atoms with van der Waals surface area (Å²) in [5.41, 5.74) is -0.138. The van der Waals surface area contributed by atoms with Gasteiger partial charge in [-0.05, 0) is 31.4 Å². The third kappa shape index (κ3) is 4.56. The van der Waals surface area contributed by atoms with Crippen LogP contribution in [0.15, 0.2) is 23.6 Å². The van der Waals surface area contributed by atoms with Crippen molar-refractivity contribution in [2.75, 3.05) is 24.2 Å². The van der Waals surface area contributed by atoms with Crippen molar-refractivity contribution in [2.24, 2.45) is 5.92 Å². The van der Waals surface area contributed by atoms with Crippen LogP contribution in [0.5, 0.6) is 0 Å². The Balaban J connectivity index is 1.69. The third-order valence-corrected chi connectivity index (χ3v) is 7.36. The highest BCUT2D eigenvalue weighted by Crippen LogP contribution is 2.30. The van der Waals surface area contributed by atoms with Gasteiger partial charge in [0.2, 0.25) is 15.9 Å². The molecule has 1 N–H and O–H groups in total. The molecule has 2 aromatic rings. The Morgan fingerprint density at radius 2 is 2.07 bits per heavy atom. The molecule has 6 nitrogen and oxygen atoms in total. The molecule has 2 heterocycles. The van der Waals surface area contributed by atoms with Crippen LogP contribution in [0.2, 0.25) is 0 Å². The van der Waals surface area contributed by atoms with Gasteiger partial charge in [-0.3, -0.25) is 4.79 Å². The number of amides is 1. The van der Waals surface area contributed by atoms with E-state index in [-0.39, 0.29) is 34.6 Å². The SMILES string of the molecule is CCCS(=O)(=O)N1CCC[C@H](C(=O)Nc2nc(-c3c(F)cccc3F)cs2)C1. The van der Waals surface area contributed by atoms with Crippen molar-refractivity contribution in [3.63, 3.8) is 0 Å². The molecule has 0 spiro atoms. The zero-order valence-corrected chi connectivity index (χ0v) is 17.0. The van der Waals surface area contributed by atoms with E-state index in [1.807, 2.05) is 0 Å². The van der Waals surface area contributed by atoms with E-state index in [2.05, 4.69) is 10.3 Å². The number of thiazole rings is 1. The fourth-order valence-electron chi connectivity index (χ4n) is 3.19. The molecule has 1 saturated heterocycles. The van der Waals surface area contributed by atoms with E-state index >= 15 is 0 Å². The Kier molecular flexibility index (Phi) is 6.41. The number of aromatic nitrogens is 1. The lowest BCUT2D eigenvalue weighted by Gasteiger charge is -2.30. The molecule has 0 bridgehead atoms. The molecule has 1 aliphatic rings. The van der Waals surface area contributed by atoms with Crippen LogP contribution in [0.25, 0.3) is 11.3 Å². The van der Waals surface area contributed by atoms with Crippen molar-refractivity contribution >= 4 is 32.4 Å². The van der Waals surface area contributed by atoms with Crippen LogP contribution in [0.3, 0.4) is 0 Å². The largest absolute Gasteiger partial charge is 0.302 e. The fraction of sp³-hybridized carbons (Fsp3) is 0.444. The molecule has 1 aromatic carbocycles. The first-order valence-corrected chi connectivity index (χ1v) is 11.5. The van der Waals surface area contributed by atoms with Crippen LogP contribution in [-0.4, -0.2) is 42.5 Å². The second kappa shape index (κ2) is 8.62. The summed E-state index contributed by atoms with van der Waals surface area (Å²) in [6, 6.07) is 3.55. The monoisotopic (exact) mass is 429 g/mol. The summed E-state index contributed by atoms with van der Waals surface area (Å²) in [5.74, 6) is -2.23. The van der Waals surface area contributed by atoms with Crippen molar-refractivity contribution in [1.82, 2.24) is 9.29 Å². The number of rotatable bonds is 6. The van der Waals surface area contributed by atoms with Gasteiger partial charge >= 0.3 is 0 Å². The van der Waals surface area contributed by atoms with Gasteiger partial charge < -0.3 is 5.32 Å². The first kappa shape index (κ1) is 20.8. The summed E-state index contributed by atoms with van der Waals surface area (Å²) >= 11 is 1.06. The summed E-state index contributed by atoms with van der Waals surface area (Å²) < 4.78 is 53.6. The molecule has 152 valence electrons. The molecule has 3 rings (SSSR count). The van der Waals surface area contributed by atoms with Crippen molar-refractivity contribution in [3.05, 3.63) is 35.2 Å². The van der Waals surface area contributed by atoms with Crippen molar-refractivity contribution < 1.29 is 22.0 Å². The second-order valence-electron chi connectivity index (χ2n) is 6.64. The van der Waals surface area contributed by atoms with Crippen LogP contribution in [0, 0.1) is 17.6 Å². The summed E-state index contributed by atoms with van der Waals surface area (Å²) in [6.07, 6.45) is 1.69. The number of nitrogens with zero attached hydrogens (tertiary/aromatic N) is 2. The number of piperidine rings is 1. The number of benzene rings is 1. The van der Waals surface area contributed by atoms with Crippen LogP contribution >= 0.6 is 11.3 Å². The van der Waals surface area contributed by atoms with Crippen LogP contribution in [-0.2, 0) is 14.8 Å². The molecule has 28 heavy (non-hydrogen) atoms. The van der Waals surface area contributed by atoms with Crippen LogP contribution in [0.4, 0.5) is 13.9 Å². The van der Waals surface area contributed by atoms with Crippen molar-refractivity contribution in [3.8, 4) is 11.3 Å². The van der Waals surface area contributed by atoms with Gasteiger partial charge in [0.05, 0.1) is 22.9 Å². The summed E-state index contributed by atoms with van der Waals surface area (Å²) in [6.45, 7) is 2.35. The highest BCUT2D eigenvalue weighted by molar-refractivity contribution is 7.89. The number of halogens is 2. The minimum absolute atomic E-state index is 0.0609. The lowest BCUT2D eigenvalue weighted by Crippen LogP contribution is -2.44. The summed E-state index contributed by atoms with van der Waals surface area (Å²) in [7, 11) is -3.36. The van der Waals surface area contributed by atoms with Gasteiger partial charge in [-0.25, -0.2) is 26.5 Å². The molecular weight excluding hydrogens is 408 g/mol. The Morgan fingerprint density at radius 1 is 1.36 bits per heavy atom. The average molecular weight is 430 g/mol. The lowest BCUT2D eigenvalue weighted by atomic mass is 9.99. The number of carbonyl (C=O) groups excluding carboxylic acids is 1. The maximum absolute atomic E-state index is 13.9.